The van der Waals surface area contributed by atoms with Gasteiger partial charge in [-0.3, -0.25) is 0 Å². The van der Waals surface area contributed by atoms with E-state index in [2.05, 4.69) is 25.5 Å². The van der Waals surface area contributed by atoms with Crippen molar-refractivity contribution in [3.8, 4) is 34.1 Å². The third-order valence-corrected chi connectivity index (χ3v) is 25.1. The number of rotatable bonds is 20. The third kappa shape index (κ3) is 25.2. The Morgan fingerprint density at radius 1 is 0.324 bits per heavy atom. The SMILES string of the molecule is Cc1c(F)cc(OC(F)(F)C2CCC(CC3CCC(C)CC3)CC2)cc1F.Cc1ccc(-c2cc(F)c(C(F)(F)Oc3ccc(S(F)(F)(F)(F)F)c(F)c3F)c(F)c2)cc1.Cc1ccc(OC(F)(F)C2CCC(CC3CCC(C)CC3)CC2)cc1.Cc1ccc(OC(F)(F)C2CCC(CC3CCC(C)CC3)CC2)cc1F. The molecule has 618 valence electrons. The Morgan fingerprint density at radius 2 is 0.649 bits per heavy atom. The second-order valence-electron chi connectivity index (χ2n) is 32.9. The predicted octanol–water partition coefficient (Wildman–Crippen LogP) is 30.4. The molecule has 0 atom stereocenters. The fourth-order valence-corrected chi connectivity index (χ4v) is 17.6. The number of hydrogen-bond acceptors (Lipinski definition) is 4. The number of halogens is 20. The molecular weight excluding hydrogens is 1510 g/mol. The molecule has 0 aliphatic heterocycles. The van der Waals surface area contributed by atoms with E-state index in [1.165, 1.54) is 121 Å². The third-order valence-electron chi connectivity index (χ3n) is 23.9. The van der Waals surface area contributed by atoms with Gasteiger partial charge in [0.25, 0.3) is 0 Å². The summed E-state index contributed by atoms with van der Waals surface area (Å²) in [6.07, 6.45) is 12.7. The Balaban J connectivity index is 0.000000171. The molecule has 0 aromatic heterocycles. The first-order valence-electron chi connectivity index (χ1n) is 39.1. The van der Waals surface area contributed by atoms with Crippen molar-refractivity contribution in [2.24, 2.45) is 71.0 Å². The summed E-state index contributed by atoms with van der Waals surface area (Å²) in [5.41, 5.74) is 0.0994. The van der Waals surface area contributed by atoms with Gasteiger partial charge < -0.3 is 18.9 Å². The number of ether oxygens (including phenoxy) is 4. The lowest BCUT2D eigenvalue weighted by molar-refractivity contribution is -0.224. The second kappa shape index (κ2) is 36.1. The maximum Gasteiger partial charge on any atom is 0.432 e. The number of benzene rings is 6. The summed E-state index contributed by atoms with van der Waals surface area (Å²) < 4.78 is 295. The predicted molar refractivity (Wildman–Crippen MR) is 393 cm³/mol. The molecule has 0 N–H and O–H groups in total. The van der Waals surface area contributed by atoms with E-state index >= 15 is 0 Å². The van der Waals surface area contributed by atoms with Gasteiger partial charge in [0, 0.05) is 23.8 Å². The number of aryl methyl sites for hydroxylation is 3. The highest BCUT2D eigenvalue weighted by atomic mass is 32.5. The zero-order valence-corrected chi connectivity index (χ0v) is 64.8. The van der Waals surface area contributed by atoms with Crippen molar-refractivity contribution < 1.29 is 104 Å². The van der Waals surface area contributed by atoms with Gasteiger partial charge in [-0.2, -0.15) is 39.5 Å². The van der Waals surface area contributed by atoms with E-state index in [0.717, 1.165) is 110 Å². The summed E-state index contributed by atoms with van der Waals surface area (Å²) in [5.74, 6) is -9.94. The lowest BCUT2D eigenvalue weighted by Crippen LogP contribution is -2.37. The Bertz CT molecular complexity index is 3930. The monoisotopic (exact) mass is 1610 g/mol. The molecule has 6 aliphatic rings. The van der Waals surface area contributed by atoms with Crippen LogP contribution in [0, 0.1) is 139 Å². The van der Waals surface area contributed by atoms with Gasteiger partial charge in [-0.05, 0) is 236 Å². The first-order chi connectivity index (χ1) is 51.8. The molecule has 0 amide bonds. The summed E-state index contributed by atoms with van der Waals surface area (Å²) in [7, 11) is -10.7. The molecule has 6 saturated carbocycles. The molecule has 6 aliphatic carbocycles. The fourth-order valence-electron chi connectivity index (χ4n) is 16.8. The van der Waals surface area contributed by atoms with Gasteiger partial charge in [0.15, 0.2) is 11.6 Å². The highest BCUT2D eigenvalue weighted by Crippen LogP contribution is 3.02. The molecule has 111 heavy (non-hydrogen) atoms. The minimum absolute atomic E-state index is 0.0865. The maximum absolute atomic E-state index is 14.5. The highest BCUT2D eigenvalue weighted by Gasteiger charge is 2.68. The molecule has 4 nitrogen and oxygen atoms in total. The van der Waals surface area contributed by atoms with Gasteiger partial charge in [-0.25, -0.2) is 26.3 Å². The fraction of sp³-hybridized carbons (Fsp3) is 0.581. The van der Waals surface area contributed by atoms with E-state index < -0.39 is 121 Å². The van der Waals surface area contributed by atoms with E-state index in [-0.39, 0.29) is 34.3 Å². The van der Waals surface area contributed by atoms with Crippen LogP contribution in [0.3, 0.4) is 0 Å². The van der Waals surface area contributed by atoms with Crippen LogP contribution in [0.2, 0.25) is 0 Å². The van der Waals surface area contributed by atoms with Crippen molar-refractivity contribution in [2.45, 2.75) is 251 Å². The van der Waals surface area contributed by atoms with E-state index in [0.29, 0.717) is 74.0 Å². The largest absolute Gasteiger partial charge is 0.432 e. The molecule has 6 fully saturated rings. The van der Waals surface area contributed by atoms with Gasteiger partial charge >= 0.3 is 34.7 Å². The van der Waals surface area contributed by atoms with Gasteiger partial charge in [0.05, 0.1) is 17.8 Å². The average molecular weight is 1610 g/mol. The van der Waals surface area contributed by atoms with E-state index in [4.69, 9.17) is 14.2 Å². The quantitative estimate of drug-likeness (QED) is 0.0714. The highest BCUT2D eigenvalue weighted by molar-refractivity contribution is 8.45. The minimum atomic E-state index is -10.7. The van der Waals surface area contributed by atoms with Crippen molar-refractivity contribution in [3.05, 3.63) is 172 Å². The topological polar surface area (TPSA) is 36.9 Å². The Hall–Kier alpha value is -6.53. The Labute approximate surface area is 639 Å². The number of hydrogen-bond donors (Lipinski definition) is 0. The molecule has 0 saturated heterocycles. The second-order valence-corrected chi connectivity index (χ2v) is 35.3. The van der Waals surface area contributed by atoms with Crippen molar-refractivity contribution in [1.82, 2.24) is 0 Å². The molecule has 0 spiro atoms. The van der Waals surface area contributed by atoms with Crippen LogP contribution in [0.5, 0.6) is 23.0 Å². The molecule has 6 aromatic carbocycles. The Kier molecular flexibility index (Phi) is 28.8. The molecule has 25 heteroatoms. The minimum Gasteiger partial charge on any atom is -0.432 e. The van der Waals surface area contributed by atoms with Crippen LogP contribution in [0.1, 0.15) is 222 Å². The summed E-state index contributed by atoms with van der Waals surface area (Å²) >= 11 is 0. The van der Waals surface area contributed by atoms with Crippen molar-refractivity contribution in [3.63, 3.8) is 0 Å². The van der Waals surface area contributed by atoms with Crippen molar-refractivity contribution >= 4 is 10.2 Å². The summed E-state index contributed by atoms with van der Waals surface area (Å²) in [6, 6.07) is 18.5. The van der Waals surface area contributed by atoms with Crippen LogP contribution >= 0.6 is 10.2 Å². The smallest absolute Gasteiger partial charge is 0.432 e. The van der Waals surface area contributed by atoms with Crippen LogP contribution in [0.25, 0.3) is 11.1 Å². The lowest BCUT2D eigenvalue weighted by Gasteiger charge is -2.40. The molecular formula is C86H104F20O4S. The average Bonchev–Trinajstić information content (AvgIpc) is 0.710. The summed E-state index contributed by atoms with van der Waals surface area (Å²) in [6.45, 7) is 13.5. The Morgan fingerprint density at radius 3 is 1.01 bits per heavy atom. The maximum atomic E-state index is 14.5. The molecule has 6 aromatic rings. The lowest BCUT2D eigenvalue weighted by atomic mass is 9.73. The molecule has 0 heterocycles. The van der Waals surface area contributed by atoms with E-state index in [9.17, 15) is 85.3 Å². The molecule has 0 radical (unpaired) electrons. The molecule has 0 unspecified atom stereocenters. The first kappa shape index (κ1) is 88.4. The van der Waals surface area contributed by atoms with Crippen molar-refractivity contribution in [2.75, 3.05) is 0 Å². The van der Waals surface area contributed by atoms with E-state index in [1.807, 2.05) is 19.1 Å². The normalized spacial score (nSPS) is 25.5. The van der Waals surface area contributed by atoms with Crippen LogP contribution in [0.4, 0.5) is 85.3 Å². The summed E-state index contributed by atoms with van der Waals surface area (Å²) in [4.78, 5) is -3.30. The zero-order valence-electron chi connectivity index (χ0n) is 63.9. The molecule has 0 bridgehead atoms. The number of alkyl halides is 8. The van der Waals surface area contributed by atoms with Crippen LogP contribution in [-0.2, 0) is 6.11 Å². The van der Waals surface area contributed by atoms with Crippen LogP contribution < -0.4 is 18.9 Å². The molecule has 12 rings (SSSR count). The van der Waals surface area contributed by atoms with E-state index in [1.54, 1.807) is 38.1 Å². The van der Waals surface area contributed by atoms with Gasteiger partial charge in [-0.15, -0.1) is 0 Å². The van der Waals surface area contributed by atoms with Gasteiger partial charge in [0.1, 0.15) is 56.8 Å². The zero-order chi connectivity index (χ0) is 81.2. The standard InChI is InChI=1S/C22H30F4O.C22H31F3O.C22H32F2O.C20H11F11OS/c1-14-3-5-16(6-4-14)11-17-7-9-18(10-8-17)22(25,26)27-19-12-20(23)15(2)21(24)13-19;1-15-3-6-17(7-4-15)13-18-8-10-19(11-9-18)22(24,25)26-20-12-5-16(2)21(23)14-20;1-16-3-7-18(8-4-16)15-19-9-11-20(12-10-19)22(23,24)25-21-13-5-17(2)6-14-21;1-10-2-4-11(5-3-10)12-8-13(21)17(14(22)9-12)20(25,26)32-15-6-7-16(19(24)18(15)23)33(27,28,29,30)31/h12-14,16-18H,3-11H2,1-2H3;5,12,14-15,17-19H,3-4,6-11,13H2,1-2H3;5-6,13-14,16,18-20H,3-4,7-12,15H2,1-2H3;2-9H,1H3. The first-order valence-corrected chi connectivity index (χ1v) is 41.1. The van der Waals surface area contributed by atoms with Crippen molar-refractivity contribution in [1.29, 1.82) is 0 Å². The van der Waals surface area contributed by atoms with Crippen LogP contribution in [0.15, 0.2) is 108 Å². The summed E-state index contributed by atoms with van der Waals surface area (Å²) in [5, 5.41) is 0. The van der Waals surface area contributed by atoms with Crippen LogP contribution in [-0.4, -0.2) is 18.3 Å². The van der Waals surface area contributed by atoms with Gasteiger partial charge in [-0.1, -0.05) is 171 Å². The van der Waals surface area contributed by atoms with Gasteiger partial charge in [0.2, 0.25) is 5.82 Å².